The van der Waals surface area contributed by atoms with Crippen LogP contribution in [0.3, 0.4) is 0 Å². The van der Waals surface area contributed by atoms with Crippen LogP contribution < -0.4 is 10.6 Å². The zero-order chi connectivity index (χ0) is 19.0. The van der Waals surface area contributed by atoms with Gasteiger partial charge in [-0.25, -0.2) is 9.98 Å². The van der Waals surface area contributed by atoms with E-state index in [4.69, 9.17) is 4.98 Å². The number of hydrogen-bond acceptors (Lipinski definition) is 4. The van der Waals surface area contributed by atoms with Crippen molar-refractivity contribution < 1.29 is 0 Å². The van der Waals surface area contributed by atoms with E-state index in [2.05, 4.69) is 81.3 Å². The maximum absolute atomic E-state index is 4.72. The fourth-order valence-corrected chi connectivity index (χ4v) is 3.58. The normalized spacial score (nSPS) is 12.7. The number of aromatic nitrogens is 1. The number of hydrogen-bond donors (Lipinski definition) is 2. The van der Waals surface area contributed by atoms with Crippen molar-refractivity contribution in [1.29, 1.82) is 0 Å². The second-order valence-corrected chi connectivity index (χ2v) is 8.87. The molecule has 0 saturated heterocycles. The van der Waals surface area contributed by atoms with Crippen molar-refractivity contribution in [3.05, 3.63) is 16.1 Å². The maximum Gasteiger partial charge on any atom is 0.191 e. The molecule has 0 amide bonds. The SMILES string of the molecule is CCNC(=NCc1nc(C(C)(C)C)cs1)NCCN(C(C)C)C(C)C.I. The van der Waals surface area contributed by atoms with Crippen molar-refractivity contribution in [3.63, 3.8) is 0 Å². The summed E-state index contributed by atoms with van der Waals surface area (Å²) in [4.78, 5) is 11.9. The molecule has 0 aliphatic heterocycles. The average Bonchev–Trinajstić information content (AvgIpc) is 2.97. The van der Waals surface area contributed by atoms with Crippen LogP contribution in [-0.4, -0.2) is 47.6 Å². The van der Waals surface area contributed by atoms with Gasteiger partial charge in [0.15, 0.2) is 5.96 Å². The van der Waals surface area contributed by atoms with E-state index in [9.17, 15) is 0 Å². The third kappa shape index (κ3) is 8.99. The second kappa shape index (κ2) is 12.1. The molecule has 0 spiro atoms. The smallest absolute Gasteiger partial charge is 0.191 e. The summed E-state index contributed by atoms with van der Waals surface area (Å²) in [6.45, 7) is 21.0. The van der Waals surface area contributed by atoms with Gasteiger partial charge in [-0.05, 0) is 34.6 Å². The molecule has 0 aliphatic carbocycles. The number of nitrogens with one attached hydrogen (secondary N) is 2. The van der Waals surface area contributed by atoms with Crippen LogP contribution >= 0.6 is 35.3 Å². The molecule has 1 heterocycles. The van der Waals surface area contributed by atoms with Crippen LogP contribution in [0.25, 0.3) is 0 Å². The largest absolute Gasteiger partial charge is 0.357 e. The molecule has 0 radical (unpaired) electrons. The van der Waals surface area contributed by atoms with Crippen LogP contribution in [0.2, 0.25) is 0 Å². The van der Waals surface area contributed by atoms with E-state index in [0.29, 0.717) is 18.6 Å². The summed E-state index contributed by atoms with van der Waals surface area (Å²) in [7, 11) is 0. The Labute approximate surface area is 181 Å². The number of guanidine groups is 1. The van der Waals surface area contributed by atoms with Crippen LogP contribution in [0, 0.1) is 0 Å². The molecule has 0 aromatic carbocycles. The number of thiazole rings is 1. The quantitative estimate of drug-likeness (QED) is 0.322. The van der Waals surface area contributed by atoms with Gasteiger partial charge in [0.05, 0.1) is 12.2 Å². The third-order valence-electron chi connectivity index (χ3n) is 4.03. The molecular formula is C19H38IN5S. The molecular weight excluding hydrogens is 457 g/mol. The molecule has 7 heteroatoms. The number of nitrogens with zero attached hydrogens (tertiary/aromatic N) is 3. The summed E-state index contributed by atoms with van der Waals surface area (Å²) in [6, 6.07) is 1.10. The Morgan fingerprint density at radius 3 is 2.27 bits per heavy atom. The maximum atomic E-state index is 4.72. The van der Waals surface area contributed by atoms with Crippen LogP contribution in [0.15, 0.2) is 10.4 Å². The van der Waals surface area contributed by atoms with Gasteiger partial charge in [-0.1, -0.05) is 20.8 Å². The highest BCUT2D eigenvalue weighted by Gasteiger charge is 2.17. The highest BCUT2D eigenvalue weighted by atomic mass is 127. The van der Waals surface area contributed by atoms with E-state index in [0.717, 1.165) is 36.3 Å². The van der Waals surface area contributed by atoms with E-state index in [-0.39, 0.29) is 29.4 Å². The second-order valence-electron chi connectivity index (χ2n) is 7.92. The van der Waals surface area contributed by atoms with Crippen LogP contribution in [0.5, 0.6) is 0 Å². The van der Waals surface area contributed by atoms with E-state index in [1.807, 2.05) is 0 Å². The van der Waals surface area contributed by atoms with Gasteiger partial charge in [-0.15, -0.1) is 35.3 Å². The zero-order valence-electron chi connectivity index (χ0n) is 17.7. The van der Waals surface area contributed by atoms with Crippen LogP contribution in [0.1, 0.15) is 66.1 Å². The molecule has 1 aromatic heterocycles. The van der Waals surface area contributed by atoms with E-state index in [1.165, 1.54) is 0 Å². The van der Waals surface area contributed by atoms with E-state index < -0.39 is 0 Å². The van der Waals surface area contributed by atoms with Crippen molar-refractivity contribution >= 4 is 41.3 Å². The lowest BCUT2D eigenvalue weighted by atomic mass is 9.93. The zero-order valence-corrected chi connectivity index (χ0v) is 20.9. The predicted octanol–water partition coefficient (Wildman–Crippen LogP) is 4.23. The monoisotopic (exact) mass is 495 g/mol. The first-order valence-electron chi connectivity index (χ1n) is 9.38. The summed E-state index contributed by atoms with van der Waals surface area (Å²) in [5.41, 5.74) is 1.24. The van der Waals surface area contributed by atoms with E-state index >= 15 is 0 Å². The molecule has 2 N–H and O–H groups in total. The fraction of sp³-hybridized carbons (Fsp3) is 0.789. The summed E-state index contributed by atoms with van der Waals surface area (Å²) < 4.78 is 0. The molecule has 152 valence electrons. The lowest BCUT2D eigenvalue weighted by Crippen LogP contribution is -2.45. The lowest BCUT2D eigenvalue weighted by Gasteiger charge is -2.30. The molecule has 1 aromatic rings. The molecule has 0 aliphatic rings. The van der Waals surface area contributed by atoms with Gasteiger partial charge in [-0.3, -0.25) is 4.90 Å². The number of halogens is 1. The van der Waals surface area contributed by atoms with Crippen molar-refractivity contribution in [2.24, 2.45) is 4.99 Å². The molecule has 1 rings (SSSR count). The minimum atomic E-state index is 0. The van der Waals surface area contributed by atoms with Gasteiger partial charge in [0.1, 0.15) is 5.01 Å². The molecule has 0 atom stereocenters. The first kappa shape index (κ1) is 25.6. The van der Waals surface area contributed by atoms with Gasteiger partial charge in [0, 0.05) is 42.5 Å². The molecule has 0 bridgehead atoms. The minimum absolute atomic E-state index is 0. The number of aliphatic imine (C=N–C) groups is 1. The van der Waals surface area contributed by atoms with Crippen molar-refractivity contribution in [2.75, 3.05) is 19.6 Å². The number of rotatable bonds is 8. The average molecular weight is 496 g/mol. The Morgan fingerprint density at radius 1 is 1.19 bits per heavy atom. The van der Waals surface area contributed by atoms with Gasteiger partial charge in [-0.2, -0.15) is 0 Å². The van der Waals surface area contributed by atoms with Crippen LogP contribution in [-0.2, 0) is 12.0 Å². The van der Waals surface area contributed by atoms with E-state index in [1.54, 1.807) is 11.3 Å². The van der Waals surface area contributed by atoms with Crippen molar-refractivity contribution in [3.8, 4) is 0 Å². The first-order chi connectivity index (χ1) is 11.6. The predicted molar refractivity (Wildman–Crippen MR) is 126 cm³/mol. The highest BCUT2D eigenvalue weighted by Crippen LogP contribution is 2.24. The Kier molecular flexibility index (Phi) is 11.9. The Balaban J connectivity index is 0.00000625. The highest BCUT2D eigenvalue weighted by molar-refractivity contribution is 14.0. The van der Waals surface area contributed by atoms with Gasteiger partial charge < -0.3 is 10.6 Å². The summed E-state index contributed by atoms with van der Waals surface area (Å²) in [6.07, 6.45) is 0. The van der Waals surface area contributed by atoms with Crippen molar-refractivity contribution in [2.45, 2.75) is 79.4 Å². The Hall–Kier alpha value is -0.410. The van der Waals surface area contributed by atoms with Gasteiger partial charge >= 0.3 is 0 Å². The third-order valence-corrected chi connectivity index (χ3v) is 4.86. The van der Waals surface area contributed by atoms with Gasteiger partial charge in [0.2, 0.25) is 0 Å². The molecule has 0 unspecified atom stereocenters. The summed E-state index contributed by atoms with van der Waals surface area (Å²) in [5, 5.41) is 9.97. The van der Waals surface area contributed by atoms with Crippen LogP contribution in [0.4, 0.5) is 0 Å². The molecule has 5 nitrogen and oxygen atoms in total. The van der Waals surface area contributed by atoms with Gasteiger partial charge in [0.25, 0.3) is 0 Å². The molecule has 26 heavy (non-hydrogen) atoms. The first-order valence-corrected chi connectivity index (χ1v) is 10.3. The fourth-order valence-electron chi connectivity index (χ4n) is 2.63. The molecule has 0 saturated carbocycles. The summed E-state index contributed by atoms with van der Waals surface area (Å²) >= 11 is 1.69. The standard InChI is InChI=1S/C19H37N5S.HI/c1-9-20-18(21-10-11-24(14(2)3)15(4)5)22-12-17-23-16(13-25-17)19(6,7)8;/h13-15H,9-12H2,1-8H3,(H2,20,21,22);1H. The van der Waals surface area contributed by atoms with Crippen molar-refractivity contribution in [1.82, 2.24) is 20.5 Å². The Bertz CT molecular complexity index is 526. The molecule has 0 fully saturated rings. The summed E-state index contributed by atoms with van der Waals surface area (Å²) in [5.74, 6) is 0.863. The lowest BCUT2D eigenvalue weighted by molar-refractivity contribution is 0.178. The minimum Gasteiger partial charge on any atom is -0.357 e. The Morgan fingerprint density at radius 2 is 1.81 bits per heavy atom. The topological polar surface area (TPSA) is 52.6 Å².